The number of hydrogen-bond acceptors (Lipinski definition) is 3. The van der Waals surface area contributed by atoms with Crippen molar-refractivity contribution in [1.29, 1.82) is 0 Å². The summed E-state index contributed by atoms with van der Waals surface area (Å²) < 4.78 is 2.29. The van der Waals surface area contributed by atoms with Gasteiger partial charge in [0.05, 0.1) is 17.1 Å². The summed E-state index contributed by atoms with van der Waals surface area (Å²) in [4.78, 5) is 22.9. The normalized spacial score (nSPS) is 14.8. The summed E-state index contributed by atoms with van der Waals surface area (Å²) in [6, 6.07) is 27.3. The van der Waals surface area contributed by atoms with Gasteiger partial charge in [0.25, 0.3) is 0 Å². The molecule has 0 bridgehead atoms. The molecule has 1 saturated carbocycles. The van der Waals surface area contributed by atoms with Crippen molar-refractivity contribution in [2.45, 2.75) is 58.5 Å². The third kappa shape index (κ3) is 4.69. The fourth-order valence-electron chi connectivity index (χ4n) is 6.24. The lowest BCUT2D eigenvalue weighted by Crippen LogP contribution is -2.32. The zero-order valence-electron chi connectivity index (χ0n) is 22.2. The lowest BCUT2D eigenvalue weighted by atomic mass is 9.83. The molecule has 6 rings (SSSR count). The van der Waals surface area contributed by atoms with Gasteiger partial charge in [-0.05, 0) is 55.4 Å². The molecule has 38 heavy (non-hydrogen) atoms. The lowest BCUT2D eigenvalue weighted by Gasteiger charge is -2.23. The number of nitrogens with zero attached hydrogens (tertiary/aromatic N) is 3. The highest BCUT2D eigenvalue weighted by atomic mass is 16.1. The van der Waals surface area contributed by atoms with Crippen molar-refractivity contribution in [3.8, 4) is 0 Å². The number of aromatic nitrogens is 3. The molecule has 5 aromatic rings. The minimum absolute atomic E-state index is 0.110. The van der Waals surface area contributed by atoms with Crippen LogP contribution in [0.4, 0.5) is 0 Å². The predicted octanol–water partition coefficient (Wildman–Crippen LogP) is 6.84. The number of para-hydroxylation sites is 1. The van der Waals surface area contributed by atoms with E-state index in [4.69, 9.17) is 4.98 Å². The van der Waals surface area contributed by atoms with Crippen molar-refractivity contribution in [3.05, 3.63) is 107 Å². The minimum Gasteiger partial charge on any atom is -0.351 e. The molecule has 2 heterocycles. The lowest BCUT2D eigenvalue weighted by molar-refractivity contribution is -0.123. The van der Waals surface area contributed by atoms with Crippen molar-refractivity contribution in [3.63, 3.8) is 0 Å². The Kier molecular flexibility index (Phi) is 6.67. The first kappa shape index (κ1) is 24.4. The van der Waals surface area contributed by atoms with E-state index in [1.807, 2.05) is 25.1 Å². The molecule has 0 spiro atoms. The van der Waals surface area contributed by atoms with Gasteiger partial charge >= 0.3 is 0 Å². The van der Waals surface area contributed by atoms with Crippen molar-refractivity contribution in [2.75, 3.05) is 0 Å². The van der Waals surface area contributed by atoms with Crippen molar-refractivity contribution >= 4 is 27.8 Å². The van der Waals surface area contributed by atoms with E-state index in [9.17, 15) is 4.79 Å². The molecule has 0 aliphatic heterocycles. The van der Waals surface area contributed by atoms with Gasteiger partial charge in [-0.1, -0.05) is 85.6 Å². The van der Waals surface area contributed by atoms with E-state index in [1.165, 1.54) is 29.3 Å². The monoisotopic (exact) mass is 502 g/mol. The Balaban J connectivity index is 1.29. The highest BCUT2D eigenvalue weighted by Gasteiger charge is 2.32. The van der Waals surface area contributed by atoms with Gasteiger partial charge in [0.1, 0.15) is 11.5 Å². The van der Waals surface area contributed by atoms with Gasteiger partial charge < -0.3 is 9.88 Å². The standard InChI is InChI=1S/C33H34N4O/c1-22-30-28-14-8-9-15-29(28)37(32(30)36-23(2)35-22)21-25-16-18-27(19-17-25)31(26-12-6-7-13-26)33(38)34-20-24-10-4-3-5-11-24/h3-5,8-11,14-19,26,31H,6-7,12-13,20-21H2,1-2H3,(H,34,38). The number of aryl methyl sites for hydroxylation is 2. The Bertz CT molecular complexity index is 1580. The highest BCUT2D eigenvalue weighted by Crippen LogP contribution is 2.38. The summed E-state index contributed by atoms with van der Waals surface area (Å²) in [5.41, 5.74) is 6.59. The first-order chi connectivity index (χ1) is 18.6. The van der Waals surface area contributed by atoms with Crippen molar-refractivity contribution < 1.29 is 4.79 Å². The molecule has 1 aliphatic rings. The van der Waals surface area contributed by atoms with E-state index >= 15 is 0 Å². The average molecular weight is 503 g/mol. The first-order valence-corrected chi connectivity index (χ1v) is 13.7. The average Bonchev–Trinajstić information content (AvgIpc) is 3.56. The molecule has 1 atom stereocenters. The summed E-state index contributed by atoms with van der Waals surface area (Å²) in [6.07, 6.45) is 4.65. The van der Waals surface area contributed by atoms with Crippen LogP contribution in [0.3, 0.4) is 0 Å². The number of fused-ring (bicyclic) bond motifs is 3. The molecule has 0 radical (unpaired) electrons. The number of nitrogens with one attached hydrogen (secondary N) is 1. The second-order valence-corrected chi connectivity index (χ2v) is 10.6. The number of hydrogen-bond donors (Lipinski definition) is 1. The third-order valence-corrected chi connectivity index (χ3v) is 8.05. The van der Waals surface area contributed by atoms with Crippen molar-refractivity contribution in [1.82, 2.24) is 19.9 Å². The summed E-state index contributed by atoms with van der Waals surface area (Å²) in [7, 11) is 0. The maximum absolute atomic E-state index is 13.5. The van der Waals surface area contributed by atoms with Crippen LogP contribution in [0.1, 0.15) is 59.8 Å². The van der Waals surface area contributed by atoms with E-state index in [1.54, 1.807) is 0 Å². The van der Waals surface area contributed by atoms with E-state index in [0.717, 1.165) is 46.5 Å². The summed E-state index contributed by atoms with van der Waals surface area (Å²) >= 11 is 0. The number of amides is 1. The fourth-order valence-corrected chi connectivity index (χ4v) is 6.24. The molecule has 2 aromatic heterocycles. The molecule has 1 N–H and O–H groups in total. The van der Waals surface area contributed by atoms with Gasteiger partial charge in [-0.3, -0.25) is 4.79 Å². The maximum atomic E-state index is 13.5. The quantitative estimate of drug-likeness (QED) is 0.265. The Hall–Kier alpha value is -3.99. The second kappa shape index (κ2) is 10.4. The van der Waals surface area contributed by atoms with Crippen LogP contribution in [-0.4, -0.2) is 20.4 Å². The molecule has 5 heteroatoms. The van der Waals surface area contributed by atoms with Gasteiger partial charge in [0.15, 0.2) is 0 Å². The molecule has 5 nitrogen and oxygen atoms in total. The van der Waals surface area contributed by atoms with Gasteiger partial charge in [-0.25, -0.2) is 9.97 Å². The summed E-state index contributed by atoms with van der Waals surface area (Å²) in [5, 5.41) is 5.53. The largest absolute Gasteiger partial charge is 0.351 e. The van der Waals surface area contributed by atoms with Gasteiger partial charge in [-0.15, -0.1) is 0 Å². The zero-order valence-corrected chi connectivity index (χ0v) is 22.2. The second-order valence-electron chi connectivity index (χ2n) is 10.6. The van der Waals surface area contributed by atoms with Crippen LogP contribution in [-0.2, 0) is 17.9 Å². The number of carbonyl (C=O) groups excluding carboxylic acids is 1. The van der Waals surface area contributed by atoms with Crippen LogP contribution < -0.4 is 5.32 Å². The Labute approximate surface area is 223 Å². The molecule has 1 aliphatic carbocycles. The fraction of sp³-hybridized carbons (Fsp3) is 0.303. The topological polar surface area (TPSA) is 59.8 Å². The van der Waals surface area contributed by atoms with Gasteiger partial charge in [0.2, 0.25) is 5.91 Å². The van der Waals surface area contributed by atoms with Gasteiger partial charge in [-0.2, -0.15) is 0 Å². The minimum atomic E-state index is -0.110. The molecule has 3 aromatic carbocycles. The Morgan fingerprint density at radius 2 is 1.61 bits per heavy atom. The van der Waals surface area contributed by atoms with Gasteiger partial charge in [0, 0.05) is 23.9 Å². The van der Waals surface area contributed by atoms with Crippen molar-refractivity contribution in [2.24, 2.45) is 5.92 Å². The number of benzene rings is 3. The van der Waals surface area contributed by atoms with Crippen LogP contribution in [0.15, 0.2) is 78.9 Å². The molecule has 192 valence electrons. The zero-order chi connectivity index (χ0) is 26.1. The number of rotatable bonds is 7. The van der Waals surface area contributed by atoms with E-state index in [-0.39, 0.29) is 11.8 Å². The molecular weight excluding hydrogens is 468 g/mol. The van der Waals surface area contributed by atoms with Crippen LogP contribution in [0.5, 0.6) is 0 Å². The molecule has 0 saturated heterocycles. The third-order valence-electron chi connectivity index (χ3n) is 8.05. The smallest absolute Gasteiger partial charge is 0.228 e. The van der Waals surface area contributed by atoms with E-state index < -0.39 is 0 Å². The van der Waals surface area contributed by atoms with E-state index in [0.29, 0.717) is 19.0 Å². The van der Waals surface area contributed by atoms with Crippen LogP contribution in [0, 0.1) is 19.8 Å². The van der Waals surface area contributed by atoms with Crippen LogP contribution in [0.2, 0.25) is 0 Å². The Morgan fingerprint density at radius 1 is 0.895 bits per heavy atom. The SMILES string of the molecule is Cc1nc(C)c2c3ccccc3n(Cc3ccc(C(C(=O)NCc4ccccc4)C4CCCC4)cc3)c2n1. The highest BCUT2D eigenvalue weighted by molar-refractivity contribution is 6.07. The van der Waals surface area contributed by atoms with E-state index in [2.05, 4.69) is 82.5 Å². The number of carbonyl (C=O) groups is 1. The molecule has 1 unspecified atom stereocenters. The first-order valence-electron chi connectivity index (χ1n) is 13.7. The maximum Gasteiger partial charge on any atom is 0.228 e. The summed E-state index contributed by atoms with van der Waals surface area (Å²) in [6.45, 7) is 5.30. The molecule has 1 fully saturated rings. The summed E-state index contributed by atoms with van der Waals surface area (Å²) in [5.74, 6) is 1.21. The van der Waals surface area contributed by atoms with Crippen LogP contribution >= 0.6 is 0 Å². The molecular formula is C33H34N4O. The Morgan fingerprint density at radius 3 is 2.37 bits per heavy atom. The molecule has 1 amide bonds. The van der Waals surface area contributed by atoms with Crippen LogP contribution in [0.25, 0.3) is 21.9 Å². The predicted molar refractivity (Wildman–Crippen MR) is 153 cm³/mol.